The lowest BCUT2D eigenvalue weighted by Crippen LogP contribution is -2.37. The van der Waals surface area contributed by atoms with Crippen LogP contribution in [0.2, 0.25) is 10.0 Å². The minimum absolute atomic E-state index is 0.111. The summed E-state index contributed by atoms with van der Waals surface area (Å²) in [6.45, 7) is 7.29. The summed E-state index contributed by atoms with van der Waals surface area (Å²) in [6, 6.07) is 5.44. The molecular weight excluding hydrogens is 313 g/mol. The summed E-state index contributed by atoms with van der Waals surface area (Å²) in [5, 5.41) is 14.8. The fraction of sp³-hybridized carbons (Fsp3) is 0.429. The number of benzene rings is 1. The van der Waals surface area contributed by atoms with Crippen molar-refractivity contribution in [1.29, 1.82) is 0 Å². The van der Waals surface area contributed by atoms with E-state index in [9.17, 15) is 0 Å². The van der Waals surface area contributed by atoms with E-state index in [0.29, 0.717) is 10.0 Å². The Morgan fingerprint density at radius 1 is 1.15 bits per heavy atom. The molecule has 0 amide bonds. The summed E-state index contributed by atoms with van der Waals surface area (Å²) in [7, 11) is 0. The lowest BCUT2D eigenvalue weighted by atomic mass is 10.1. The summed E-state index contributed by atoms with van der Waals surface area (Å²) in [5.74, 6) is 0. The fourth-order valence-corrected chi connectivity index (χ4v) is 3.30. The molecule has 0 saturated heterocycles. The monoisotopic (exact) mass is 329 g/mol. The number of aromatic nitrogens is 2. The number of hydrogen-bond acceptors (Lipinski definition) is 4. The first-order valence-corrected chi connectivity index (χ1v) is 7.96. The van der Waals surface area contributed by atoms with E-state index in [0.717, 1.165) is 28.5 Å². The third-order valence-electron chi connectivity index (χ3n) is 2.64. The minimum atomic E-state index is 0.111. The van der Waals surface area contributed by atoms with E-state index in [1.807, 2.05) is 18.2 Å². The predicted molar refractivity (Wildman–Crippen MR) is 86.8 cm³/mol. The molecule has 0 aliphatic heterocycles. The first kappa shape index (κ1) is 15.7. The van der Waals surface area contributed by atoms with Gasteiger partial charge in [-0.25, -0.2) is 0 Å². The molecule has 108 valence electrons. The zero-order valence-corrected chi connectivity index (χ0v) is 14.0. The molecule has 0 radical (unpaired) electrons. The average Bonchev–Trinajstić information content (AvgIpc) is 2.75. The Balaban J connectivity index is 2.09. The van der Waals surface area contributed by atoms with Crippen LogP contribution in [0.1, 0.15) is 25.8 Å². The average molecular weight is 330 g/mol. The number of halogens is 2. The minimum Gasteiger partial charge on any atom is -0.312 e. The van der Waals surface area contributed by atoms with Crippen molar-refractivity contribution in [3.05, 3.63) is 33.3 Å². The van der Waals surface area contributed by atoms with Crippen molar-refractivity contribution in [2.75, 3.05) is 6.54 Å². The molecule has 0 bridgehead atoms. The molecular formula is C14H17Cl2N3S. The van der Waals surface area contributed by atoms with Gasteiger partial charge >= 0.3 is 0 Å². The van der Waals surface area contributed by atoms with Gasteiger partial charge in [0.2, 0.25) is 0 Å². The van der Waals surface area contributed by atoms with Crippen LogP contribution in [-0.2, 0) is 6.42 Å². The van der Waals surface area contributed by atoms with E-state index < -0.39 is 0 Å². The van der Waals surface area contributed by atoms with Crippen molar-refractivity contribution >= 4 is 34.5 Å². The Morgan fingerprint density at radius 2 is 1.80 bits per heavy atom. The van der Waals surface area contributed by atoms with Crippen LogP contribution in [0.3, 0.4) is 0 Å². The molecule has 2 rings (SSSR count). The molecule has 6 heteroatoms. The van der Waals surface area contributed by atoms with E-state index in [1.54, 1.807) is 0 Å². The fourth-order valence-electron chi connectivity index (χ4n) is 1.70. The SMILES string of the molecule is CC(C)(C)NCCc1nnc(-c2c(Cl)cccc2Cl)s1. The Hall–Kier alpha value is -0.680. The molecule has 0 spiro atoms. The highest BCUT2D eigenvalue weighted by Gasteiger charge is 2.14. The van der Waals surface area contributed by atoms with Crippen molar-refractivity contribution in [2.45, 2.75) is 32.7 Å². The second-order valence-electron chi connectivity index (χ2n) is 5.52. The molecule has 0 unspecified atom stereocenters. The number of nitrogens with one attached hydrogen (secondary N) is 1. The molecule has 0 saturated carbocycles. The van der Waals surface area contributed by atoms with E-state index in [-0.39, 0.29) is 5.54 Å². The summed E-state index contributed by atoms with van der Waals surface area (Å²) in [5.41, 5.74) is 0.878. The van der Waals surface area contributed by atoms with Gasteiger partial charge in [0.1, 0.15) is 5.01 Å². The molecule has 1 aromatic carbocycles. The molecule has 0 atom stereocenters. The second kappa shape index (κ2) is 6.39. The highest BCUT2D eigenvalue weighted by molar-refractivity contribution is 7.14. The van der Waals surface area contributed by atoms with Gasteiger partial charge in [0.25, 0.3) is 0 Å². The molecule has 1 heterocycles. The van der Waals surface area contributed by atoms with Gasteiger partial charge in [-0.2, -0.15) is 0 Å². The molecule has 2 aromatic rings. The van der Waals surface area contributed by atoms with Crippen LogP contribution < -0.4 is 5.32 Å². The van der Waals surface area contributed by atoms with Crippen LogP contribution >= 0.6 is 34.5 Å². The van der Waals surface area contributed by atoms with Crippen LogP contribution in [-0.4, -0.2) is 22.3 Å². The highest BCUT2D eigenvalue weighted by atomic mass is 35.5. The molecule has 20 heavy (non-hydrogen) atoms. The lowest BCUT2D eigenvalue weighted by molar-refractivity contribution is 0.429. The molecule has 1 N–H and O–H groups in total. The van der Waals surface area contributed by atoms with Crippen molar-refractivity contribution < 1.29 is 0 Å². The maximum atomic E-state index is 6.18. The molecule has 3 nitrogen and oxygen atoms in total. The zero-order chi connectivity index (χ0) is 14.8. The third kappa shape index (κ3) is 4.16. The van der Waals surface area contributed by atoms with E-state index >= 15 is 0 Å². The quantitative estimate of drug-likeness (QED) is 0.900. The van der Waals surface area contributed by atoms with Gasteiger partial charge in [-0.3, -0.25) is 0 Å². The van der Waals surface area contributed by atoms with Crippen molar-refractivity contribution in [2.24, 2.45) is 0 Å². The molecule has 1 aromatic heterocycles. The topological polar surface area (TPSA) is 37.8 Å². The van der Waals surface area contributed by atoms with E-state index in [2.05, 4.69) is 36.3 Å². The first-order chi connectivity index (χ1) is 9.37. The van der Waals surface area contributed by atoms with Crippen molar-refractivity contribution in [3.63, 3.8) is 0 Å². The Bertz CT molecular complexity index is 570. The normalized spacial score (nSPS) is 11.8. The lowest BCUT2D eigenvalue weighted by Gasteiger charge is -2.19. The Morgan fingerprint density at radius 3 is 2.40 bits per heavy atom. The van der Waals surface area contributed by atoms with Gasteiger partial charge in [-0.1, -0.05) is 40.6 Å². The third-order valence-corrected chi connectivity index (χ3v) is 4.27. The van der Waals surface area contributed by atoms with Gasteiger partial charge in [-0.15, -0.1) is 10.2 Å². The number of rotatable bonds is 4. The van der Waals surface area contributed by atoms with Gasteiger partial charge in [-0.05, 0) is 32.9 Å². The Labute approximate surface area is 133 Å². The molecule has 0 fully saturated rings. The first-order valence-electron chi connectivity index (χ1n) is 6.38. The maximum absolute atomic E-state index is 6.18. The van der Waals surface area contributed by atoms with Crippen molar-refractivity contribution in [3.8, 4) is 10.6 Å². The summed E-state index contributed by atoms with van der Waals surface area (Å²) >= 11 is 13.9. The van der Waals surface area contributed by atoms with Crippen LogP contribution in [0.4, 0.5) is 0 Å². The van der Waals surface area contributed by atoms with E-state index in [4.69, 9.17) is 23.2 Å². The maximum Gasteiger partial charge on any atom is 0.150 e. The highest BCUT2D eigenvalue weighted by Crippen LogP contribution is 2.36. The van der Waals surface area contributed by atoms with Gasteiger partial charge in [0.15, 0.2) is 5.01 Å². The van der Waals surface area contributed by atoms with Gasteiger partial charge in [0, 0.05) is 24.1 Å². The summed E-state index contributed by atoms with van der Waals surface area (Å²) in [4.78, 5) is 0. The Kier molecular flexibility index (Phi) is 5.02. The van der Waals surface area contributed by atoms with Crippen LogP contribution in [0.5, 0.6) is 0 Å². The van der Waals surface area contributed by atoms with Crippen LogP contribution in [0.25, 0.3) is 10.6 Å². The zero-order valence-electron chi connectivity index (χ0n) is 11.7. The molecule has 0 aliphatic rings. The van der Waals surface area contributed by atoms with Crippen LogP contribution in [0, 0.1) is 0 Å². The summed E-state index contributed by atoms with van der Waals surface area (Å²) < 4.78 is 0. The predicted octanol–water partition coefficient (Wildman–Crippen LogP) is 4.44. The van der Waals surface area contributed by atoms with Gasteiger partial charge in [0.05, 0.1) is 10.0 Å². The standard InChI is InChI=1S/C14H17Cl2N3S/c1-14(2,3)17-8-7-11-18-19-13(20-11)12-9(15)5-4-6-10(12)16/h4-6,17H,7-8H2,1-3H3. The molecule has 0 aliphatic carbocycles. The summed E-state index contributed by atoms with van der Waals surface area (Å²) in [6.07, 6.45) is 0.844. The largest absolute Gasteiger partial charge is 0.312 e. The smallest absolute Gasteiger partial charge is 0.150 e. The number of hydrogen-bond donors (Lipinski definition) is 1. The number of nitrogens with zero attached hydrogens (tertiary/aromatic N) is 2. The van der Waals surface area contributed by atoms with E-state index in [1.165, 1.54) is 11.3 Å². The van der Waals surface area contributed by atoms with Crippen molar-refractivity contribution in [1.82, 2.24) is 15.5 Å². The second-order valence-corrected chi connectivity index (χ2v) is 7.40. The van der Waals surface area contributed by atoms with Crippen LogP contribution in [0.15, 0.2) is 18.2 Å². The van der Waals surface area contributed by atoms with Gasteiger partial charge < -0.3 is 5.32 Å².